The largest absolute Gasteiger partial charge is 0.383 e. The van der Waals surface area contributed by atoms with Gasteiger partial charge in [0.1, 0.15) is 0 Å². The minimum absolute atomic E-state index is 0.743. The molecule has 0 aliphatic rings. The highest BCUT2D eigenvalue weighted by Crippen LogP contribution is 2.12. The van der Waals surface area contributed by atoms with E-state index in [1.54, 1.807) is 7.11 Å². The number of aromatic nitrogens is 2. The molecule has 1 N–H and O–H groups in total. The van der Waals surface area contributed by atoms with Crippen molar-refractivity contribution in [2.45, 2.75) is 26.9 Å². The first kappa shape index (κ1) is 15.1. The van der Waals surface area contributed by atoms with E-state index >= 15 is 0 Å². The molecule has 1 heterocycles. The molecule has 1 aromatic rings. The quantitative estimate of drug-likeness (QED) is 0.697. The molecule has 0 aromatic carbocycles. The Morgan fingerprint density at radius 1 is 1.33 bits per heavy atom. The van der Waals surface area contributed by atoms with Crippen LogP contribution in [0.15, 0.2) is 0 Å². The van der Waals surface area contributed by atoms with Gasteiger partial charge in [0.05, 0.1) is 18.8 Å². The van der Waals surface area contributed by atoms with E-state index in [9.17, 15) is 0 Å². The Bertz CT molecular complexity index is 360. The van der Waals surface area contributed by atoms with Crippen molar-refractivity contribution in [1.82, 2.24) is 20.0 Å². The third-order valence-electron chi connectivity index (χ3n) is 3.08. The maximum absolute atomic E-state index is 5.02. The molecule has 0 saturated carbocycles. The second kappa shape index (κ2) is 7.51. The molecular formula is C13H26N4O. The highest BCUT2D eigenvalue weighted by atomic mass is 16.5. The molecule has 18 heavy (non-hydrogen) atoms. The monoisotopic (exact) mass is 254 g/mol. The number of nitrogens with zero attached hydrogens (tertiary/aromatic N) is 3. The number of aryl methyl sites for hydroxylation is 1. The number of hydrogen-bond donors (Lipinski definition) is 1. The summed E-state index contributed by atoms with van der Waals surface area (Å²) in [6.45, 7) is 8.65. The summed E-state index contributed by atoms with van der Waals surface area (Å²) in [7, 11) is 5.88. The summed E-state index contributed by atoms with van der Waals surface area (Å²) in [5.74, 6) is 0. The lowest BCUT2D eigenvalue weighted by Crippen LogP contribution is -2.20. The van der Waals surface area contributed by atoms with Crippen molar-refractivity contribution in [1.29, 1.82) is 0 Å². The van der Waals surface area contributed by atoms with Crippen LogP contribution in [0, 0.1) is 13.8 Å². The molecule has 5 nitrogen and oxygen atoms in total. The van der Waals surface area contributed by atoms with Gasteiger partial charge in [0.15, 0.2) is 0 Å². The van der Waals surface area contributed by atoms with Gasteiger partial charge in [-0.3, -0.25) is 4.68 Å². The topological polar surface area (TPSA) is 42.3 Å². The summed E-state index contributed by atoms with van der Waals surface area (Å²) in [5, 5.41) is 7.97. The second-order valence-corrected chi connectivity index (χ2v) is 4.85. The van der Waals surface area contributed by atoms with Gasteiger partial charge < -0.3 is 15.0 Å². The van der Waals surface area contributed by atoms with Crippen LogP contribution in [0.5, 0.6) is 0 Å². The number of ether oxygens (including phenoxy) is 1. The Hall–Kier alpha value is -0.910. The molecule has 0 amide bonds. The summed E-state index contributed by atoms with van der Waals surface area (Å²) in [4.78, 5) is 2.17. The Balaban J connectivity index is 2.57. The molecule has 1 rings (SSSR count). The van der Waals surface area contributed by atoms with Gasteiger partial charge in [0.2, 0.25) is 0 Å². The fourth-order valence-electron chi connectivity index (χ4n) is 1.89. The van der Waals surface area contributed by atoms with Gasteiger partial charge in [-0.2, -0.15) is 5.10 Å². The number of rotatable bonds is 8. The molecule has 0 atom stereocenters. The van der Waals surface area contributed by atoms with Gasteiger partial charge in [-0.05, 0) is 27.9 Å². The van der Waals surface area contributed by atoms with Gasteiger partial charge >= 0.3 is 0 Å². The van der Waals surface area contributed by atoms with Crippen LogP contribution < -0.4 is 5.32 Å². The lowest BCUT2D eigenvalue weighted by Gasteiger charge is -2.11. The zero-order chi connectivity index (χ0) is 13.5. The van der Waals surface area contributed by atoms with Crippen molar-refractivity contribution < 1.29 is 4.74 Å². The first-order valence-corrected chi connectivity index (χ1v) is 6.43. The van der Waals surface area contributed by atoms with Crippen LogP contribution in [-0.2, 0) is 17.8 Å². The summed E-state index contributed by atoms with van der Waals surface area (Å²) in [5.41, 5.74) is 3.69. The van der Waals surface area contributed by atoms with Crippen LogP contribution in [0.3, 0.4) is 0 Å². The summed E-state index contributed by atoms with van der Waals surface area (Å²) < 4.78 is 7.12. The normalized spacial score (nSPS) is 11.4. The van der Waals surface area contributed by atoms with Gasteiger partial charge in [-0.25, -0.2) is 0 Å². The predicted molar refractivity (Wildman–Crippen MR) is 73.8 cm³/mol. The first-order valence-electron chi connectivity index (χ1n) is 6.43. The van der Waals surface area contributed by atoms with Gasteiger partial charge in [0, 0.05) is 38.0 Å². The summed E-state index contributed by atoms with van der Waals surface area (Å²) >= 11 is 0. The highest BCUT2D eigenvalue weighted by Gasteiger charge is 2.10. The number of hydrogen-bond acceptors (Lipinski definition) is 4. The van der Waals surface area contributed by atoms with Crippen molar-refractivity contribution in [3.8, 4) is 0 Å². The molecular weight excluding hydrogens is 228 g/mol. The molecule has 0 spiro atoms. The first-order chi connectivity index (χ1) is 8.56. The van der Waals surface area contributed by atoms with Crippen LogP contribution in [0.2, 0.25) is 0 Å². The molecule has 0 unspecified atom stereocenters. The van der Waals surface area contributed by atoms with Crippen LogP contribution in [0.25, 0.3) is 0 Å². The molecule has 1 aromatic heterocycles. The zero-order valence-corrected chi connectivity index (χ0v) is 12.3. The van der Waals surface area contributed by atoms with Gasteiger partial charge in [0.25, 0.3) is 0 Å². The second-order valence-electron chi connectivity index (χ2n) is 4.85. The fraction of sp³-hybridized carbons (Fsp3) is 0.769. The van der Waals surface area contributed by atoms with E-state index in [1.807, 2.05) is 0 Å². The van der Waals surface area contributed by atoms with E-state index in [0.29, 0.717) is 0 Å². The molecule has 104 valence electrons. The number of methoxy groups -OCH3 is 1. The van der Waals surface area contributed by atoms with E-state index in [1.165, 1.54) is 11.3 Å². The lowest BCUT2D eigenvalue weighted by atomic mass is 10.2. The molecule has 0 saturated heterocycles. The molecule has 0 radical (unpaired) electrons. The molecule has 5 heteroatoms. The van der Waals surface area contributed by atoms with Crippen LogP contribution in [0.1, 0.15) is 17.0 Å². The van der Waals surface area contributed by atoms with E-state index in [0.717, 1.165) is 38.5 Å². The van der Waals surface area contributed by atoms with E-state index in [2.05, 4.69) is 47.9 Å². The van der Waals surface area contributed by atoms with Crippen LogP contribution in [-0.4, -0.2) is 55.6 Å². The molecule has 0 bridgehead atoms. The Morgan fingerprint density at radius 3 is 2.67 bits per heavy atom. The fourth-order valence-corrected chi connectivity index (χ4v) is 1.89. The predicted octanol–water partition coefficient (Wildman–Crippen LogP) is 0.798. The Kier molecular flexibility index (Phi) is 6.32. The maximum atomic E-state index is 5.02. The maximum Gasteiger partial charge on any atom is 0.0641 e. The molecule has 0 aliphatic carbocycles. The van der Waals surface area contributed by atoms with E-state index in [-0.39, 0.29) is 0 Å². The standard InChI is InChI=1S/C13H26N4O/c1-11-13(10-14-6-9-18-5)12(2)17(15-11)8-7-16(3)4/h14H,6-10H2,1-5H3. The SMILES string of the molecule is COCCNCc1c(C)nn(CCN(C)C)c1C. The van der Waals surface area contributed by atoms with Crippen LogP contribution in [0.4, 0.5) is 0 Å². The highest BCUT2D eigenvalue weighted by molar-refractivity contribution is 5.24. The summed E-state index contributed by atoms with van der Waals surface area (Å²) in [6.07, 6.45) is 0. The van der Waals surface area contributed by atoms with E-state index in [4.69, 9.17) is 4.74 Å². The van der Waals surface area contributed by atoms with Crippen molar-refractivity contribution in [2.24, 2.45) is 0 Å². The Morgan fingerprint density at radius 2 is 2.06 bits per heavy atom. The zero-order valence-electron chi connectivity index (χ0n) is 12.3. The third-order valence-corrected chi connectivity index (χ3v) is 3.08. The van der Waals surface area contributed by atoms with Gasteiger partial charge in [-0.15, -0.1) is 0 Å². The average Bonchev–Trinajstić information content (AvgIpc) is 2.58. The van der Waals surface area contributed by atoms with Crippen molar-refractivity contribution in [3.05, 3.63) is 17.0 Å². The summed E-state index contributed by atoms with van der Waals surface area (Å²) in [6, 6.07) is 0. The van der Waals surface area contributed by atoms with Crippen LogP contribution >= 0.6 is 0 Å². The smallest absolute Gasteiger partial charge is 0.0641 e. The Labute approximate surface area is 110 Å². The van der Waals surface area contributed by atoms with Crippen molar-refractivity contribution in [3.63, 3.8) is 0 Å². The van der Waals surface area contributed by atoms with E-state index < -0.39 is 0 Å². The number of likely N-dealkylation sites (N-methyl/N-ethyl adjacent to an activating group) is 1. The number of nitrogens with one attached hydrogen (secondary N) is 1. The van der Waals surface area contributed by atoms with Crippen molar-refractivity contribution >= 4 is 0 Å². The van der Waals surface area contributed by atoms with Gasteiger partial charge in [-0.1, -0.05) is 0 Å². The lowest BCUT2D eigenvalue weighted by molar-refractivity contribution is 0.199. The third kappa shape index (κ3) is 4.40. The minimum Gasteiger partial charge on any atom is -0.383 e. The van der Waals surface area contributed by atoms with Crippen molar-refractivity contribution in [2.75, 3.05) is 40.9 Å². The average molecular weight is 254 g/mol. The molecule has 0 fully saturated rings. The minimum atomic E-state index is 0.743. The molecule has 0 aliphatic heterocycles.